The lowest BCUT2D eigenvalue weighted by atomic mass is 9.94. The molecule has 2 saturated heterocycles. The normalized spacial score (nSPS) is 22.7. The molecule has 0 spiro atoms. The Labute approximate surface area is 180 Å². The highest BCUT2D eigenvalue weighted by atomic mass is 32.1. The lowest BCUT2D eigenvalue weighted by Crippen LogP contribution is -2.50. The SMILES string of the molecule is Cc1sc2ncnc(N3CCC(C(=O)N4CCCC4C(=O)NC4CC4)CC3)c2c1C. The van der Waals surface area contributed by atoms with Gasteiger partial charge in [0.2, 0.25) is 11.8 Å². The van der Waals surface area contributed by atoms with E-state index in [-0.39, 0.29) is 23.8 Å². The number of carbonyl (C=O) groups excluding carboxylic acids is 2. The van der Waals surface area contributed by atoms with E-state index in [9.17, 15) is 9.59 Å². The van der Waals surface area contributed by atoms with Crippen molar-refractivity contribution in [2.75, 3.05) is 24.5 Å². The summed E-state index contributed by atoms with van der Waals surface area (Å²) in [7, 11) is 0. The fourth-order valence-electron chi connectivity index (χ4n) is 4.80. The number of thiophene rings is 1. The Balaban J connectivity index is 1.26. The van der Waals surface area contributed by atoms with Crippen LogP contribution in [-0.2, 0) is 9.59 Å². The molecule has 3 fully saturated rings. The molecule has 0 bridgehead atoms. The van der Waals surface area contributed by atoms with Crippen LogP contribution in [0.5, 0.6) is 0 Å². The van der Waals surface area contributed by atoms with Crippen LogP contribution < -0.4 is 10.2 Å². The van der Waals surface area contributed by atoms with Crippen LogP contribution in [0.25, 0.3) is 10.2 Å². The summed E-state index contributed by atoms with van der Waals surface area (Å²) in [5.41, 5.74) is 1.25. The molecule has 4 heterocycles. The lowest BCUT2D eigenvalue weighted by Gasteiger charge is -2.35. The molecule has 30 heavy (non-hydrogen) atoms. The molecule has 3 aliphatic rings. The molecule has 0 radical (unpaired) electrons. The predicted molar refractivity (Wildman–Crippen MR) is 118 cm³/mol. The summed E-state index contributed by atoms with van der Waals surface area (Å²) >= 11 is 1.71. The minimum Gasteiger partial charge on any atom is -0.356 e. The number of nitrogens with zero attached hydrogens (tertiary/aromatic N) is 4. The Morgan fingerprint density at radius 1 is 1.07 bits per heavy atom. The van der Waals surface area contributed by atoms with Crippen LogP contribution in [0.15, 0.2) is 6.33 Å². The first-order valence-corrected chi connectivity index (χ1v) is 11.9. The topological polar surface area (TPSA) is 78.4 Å². The van der Waals surface area contributed by atoms with Crippen molar-refractivity contribution in [1.29, 1.82) is 0 Å². The smallest absolute Gasteiger partial charge is 0.243 e. The lowest BCUT2D eigenvalue weighted by molar-refractivity contribution is -0.142. The van der Waals surface area contributed by atoms with E-state index in [0.717, 1.165) is 67.6 Å². The van der Waals surface area contributed by atoms with Gasteiger partial charge in [0.25, 0.3) is 0 Å². The van der Waals surface area contributed by atoms with Crippen molar-refractivity contribution in [2.24, 2.45) is 5.92 Å². The molecule has 2 aromatic heterocycles. The van der Waals surface area contributed by atoms with Gasteiger partial charge in [0.15, 0.2) is 0 Å². The Bertz CT molecular complexity index is 977. The number of nitrogens with one attached hydrogen (secondary N) is 1. The van der Waals surface area contributed by atoms with Crippen LogP contribution in [0.2, 0.25) is 0 Å². The number of hydrogen-bond acceptors (Lipinski definition) is 6. The zero-order valence-electron chi connectivity index (χ0n) is 17.7. The molecule has 160 valence electrons. The van der Waals surface area contributed by atoms with Gasteiger partial charge in [-0.25, -0.2) is 9.97 Å². The fraction of sp³-hybridized carbons (Fsp3) is 0.636. The van der Waals surface area contributed by atoms with Crippen molar-refractivity contribution in [3.63, 3.8) is 0 Å². The Kier molecular flexibility index (Phi) is 5.13. The van der Waals surface area contributed by atoms with Gasteiger partial charge in [-0.3, -0.25) is 9.59 Å². The van der Waals surface area contributed by atoms with Crippen molar-refractivity contribution < 1.29 is 9.59 Å². The molecule has 7 nitrogen and oxygen atoms in total. The molecule has 2 amide bonds. The Morgan fingerprint density at radius 2 is 1.83 bits per heavy atom. The second-order valence-electron chi connectivity index (χ2n) is 8.89. The van der Waals surface area contributed by atoms with E-state index in [1.165, 1.54) is 10.4 Å². The van der Waals surface area contributed by atoms with Gasteiger partial charge in [-0.2, -0.15) is 0 Å². The van der Waals surface area contributed by atoms with Gasteiger partial charge in [0, 0.05) is 36.5 Å². The van der Waals surface area contributed by atoms with E-state index in [4.69, 9.17) is 0 Å². The fourth-order valence-corrected chi connectivity index (χ4v) is 5.80. The van der Waals surface area contributed by atoms with Gasteiger partial charge < -0.3 is 15.1 Å². The maximum absolute atomic E-state index is 13.2. The van der Waals surface area contributed by atoms with Crippen molar-refractivity contribution in [1.82, 2.24) is 20.2 Å². The molecular weight excluding hydrogens is 398 g/mol. The van der Waals surface area contributed by atoms with E-state index in [1.54, 1.807) is 17.7 Å². The largest absolute Gasteiger partial charge is 0.356 e. The summed E-state index contributed by atoms with van der Waals surface area (Å²) in [6.45, 7) is 6.59. The van der Waals surface area contributed by atoms with E-state index >= 15 is 0 Å². The highest BCUT2D eigenvalue weighted by Crippen LogP contribution is 2.36. The number of carbonyl (C=O) groups is 2. The molecule has 8 heteroatoms. The number of aryl methyl sites for hydroxylation is 2. The molecular formula is C22H29N5O2S. The zero-order valence-corrected chi connectivity index (χ0v) is 18.5. The predicted octanol–water partition coefficient (Wildman–Crippen LogP) is 2.79. The molecule has 2 aliphatic heterocycles. The summed E-state index contributed by atoms with van der Waals surface area (Å²) in [5, 5.41) is 4.24. The standard InChI is InChI=1S/C22H29N5O2S/c1-13-14(2)30-21-18(13)19(23-12-24-21)26-10-7-15(8-11-26)22(29)27-9-3-4-17(27)20(28)25-16-5-6-16/h12,15-17H,3-11H2,1-2H3,(H,25,28). The first-order chi connectivity index (χ1) is 14.5. The van der Waals surface area contributed by atoms with Crippen LogP contribution in [-0.4, -0.2) is 58.4 Å². The minimum atomic E-state index is -0.269. The number of hydrogen-bond donors (Lipinski definition) is 1. The van der Waals surface area contributed by atoms with E-state index in [1.807, 2.05) is 4.90 Å². The first kappa shape index (κ1) is 19.7. The maximum Gasteiger partial charge on any atom is 0.243 e. The average Bonchev–Trinajstić information content (AvgIpc) is 3.33. The Morgan fingerprint density at radius 3 is 2.57 bits per heavy atom. The summed E-state index contributed by atoms with van der Waals surface area (Å²) < 4.78 is 0. The number of aromatic nitrogens is 2. The van der Waals surface area contributed by atoms with Crippen molar-refractivity contribution in [3.8, 4) is 0 Å². The molecule has 2 aromatic rings. The van der Waals surface area contributed by atoms with Gasteiger partial charge in [0.05, 0.1) is 5.39 Å². The third-order valence-corrected chi connectivity index (χ3v) is 7.97. The van der Waals surface area contributed by atoms with Crippen molar-refractivity contribution in [2.45, 2.75) is 64.5 Å². The second-order valence-corrected chi connectivity index (χ2v) is 10.1. The number of fused-ring (bicyclic) bond motifs is 1. The molecule has 1 aliphatic carbocycles. The van der Waals surface area contributed by atoms with Crippen LogP contribution >= 0.6 is 11.3 Å². The number of anilines is 1. The highest BCUT2D eigenvalue weighted by Gasteiger charge is 2.39. The average molecular weight is 428 g/mol. The van der Waals surface area contributed by atoms with Crippen LogP contribution in [0, 0.1) is 19.8 Å². The third-order valence-electron chi connectivity index (χ3n) is 6.85. The molecule has 1 unspecified atom stereocenters. The van der Waals surface area contributed by atoms with E-state index in [0.29, 0.717) is 12.6 Å². The highest BCUT2D eigenvalue weighted by molar-refractivity contribution is 7.18. The van der Waals surface area contributed by atoms with Crippen molar-refractivity contribution >= 4 is 39.2 Å². The molecule has 1 atom stereocenters. The molecule has 0 aromatic carbocycles. The molecule has 1 N–H and O–H groups in total. The zero-order chi connectivity index (χ0) is 20.8. The minimum absolute atomic E-state index is 0.00166. The van der Waals surface area contributed by atoms with Crippen molar-refractivity contribution in [3.05, 3.63) is 16.8 Å². The van der Waals surface area contributed by atoms with Gasteiger partial charge >= 0.3 is 0 Å². The summed E-state index contributed by atoms with van der Waals surface area (Å²) in [6, 6.07) is 0.0706. The summed E-state index contributed by atoms with van der Waals surface area (Å²) in [6.07, 6.45) is 7.12. The van der Waals surface area contributed by atoms with Gasteiger partial charge in [-0.1, -0.05) is 0 Å². The van der Waals surface area contributed by atoms with E-state index in [2.05, 4.69) is 34.0 Å². The van der Waals surface area contributed by atoms with Crippen LogP contribution in [0.3, 0.4) is 0 Å². The van der Waals surface area contributed by atoms with Crippen LogP contribution in [0.1, 0.15) is 49.0 Å². The maximum atomic E-state index is 13.2. The molecule has 1 saturated carbocycles. The third kappa shape index (κ3) is 3.55. The van der Waals surface area contributed by atoms with Gasteiger partial charge in [-0.15, -0.1) is 11.3 Å². The monoisotopic (exact) mass is 427 g/mol. The number of amides is 2. The molecule has 5 rings (SSSR count). The second kappa shape index (κ2) is 7.80. The number of rotatable bonds is 4. The summed E-state index contributed by atoms with van der Waals surface area (Å²) in [4.78, 5) is 41.3. The van der Waals surface area contributed by atoms with Gasteiger partial charge in [-0.05, 0) is 57.9 Å². The quantitative estimate of drug-likeness (QED) is 0.812. The number of likely N-dealkylation sites (tertiary alicyclic amines) is 1. The van der Waals surface area contributed by atoms with Gasteiger partial charge in [0.1, 0.15) is 23.0 Å². The van der Waals surface area contributed by atoms with Crippen LogP contribution in [0.4, 0.5) is 5.82 Å². The first-order valence-electron chi connectivity index (χ1n) is 11.1. The number of piperidine rings is 1. The summed E-state index contributed by atoms with van der Waals surface area (Å²) in [5.74, 6) is 1.21. The Hall–Kier alpha value is -2.22. The van der Waals surface area contributed by atoms with E-state index < -0.39 is 0 Å².